The maximum atomic E-state index is 9.32. The van der Waals surface area contributed by atoms with Crippen molar-refractivity contribution in [1.29, 1.82) is 5.26 Å². The van der Waals surface area contributed by atoms with Crippen molar-refractivity contribution < 1.29 is 0 Å². The summed E-state index contributed by atoms with van der Waals surface area (Å²) in [6.07, 6.45) is 10.1. The first-order valence-electron chi connectivity index (χ1n) is 7.39. The fourth-order valence-electron chi connectivity index (χ4n) is 2.88. The molecule has 1 aromatic carbocycles. The van der Waals surface area contributed by atoms with Crippen LogP contribution >= 0.6 is 0 Å². The van der Waals surface area contributed by atoms with Crippen molar-refractivity contribution in [2.24, 2.45) is 5.41 Å². The molecule has 1 aliphatic rings. The Kier molecular flexibility index (Phi) is 5.22. The Bertz CT molecular complexity index is 484. The van der Waals surface area contributed by atoms with Crippen LogP contribution in [0.5, 0.6) is 0 Å². The zero-order valence-electron chi connectivity index (χ0n) is 12.0. The van der Waals surface area contributed by atoms with Crippen LogP contribution in [0.4, 0.5) is 0 Å². The molecule has 0 saturated carbocycles. The third kappa shape index (κ3) is 3.86. The molecule has 2 rings (SSSR count). The third-order valence-electron chi connectivity index (χ3n) is 4.27. The van der Waals surface area contributed by atoms with Gasteiger partial charge in [-0.25, -0.2) is 0 Å². The van der Waals surface area contributed by atoms with Gasteiger partial charge in [0.05, 0.1) is 11.5 Å². The highest BCUT2D eigenvalue weighted by Gasteiger charge is 2.33. The maximum Gasteiger partial charge on any atom is 0.0707 e. The lowest BCUT2D eigenvalue weighted by atomic mass is 9.77. The first kappa shape index (κ1) is 14.6. The second-order valence-electron chi connectivity index (χ2n) is 5.70. The van der Waals surface area contributed by atoms with E-state index >= 15 is 0 Å². The molecule has 1 heterocycles. The van der Waals surface area contributed by atoms with Gasteiger partial charge in [0.2, 0.25) is 0 Å². The normalized spacial score (nSPS) is 18.1. The monoisotopic (exact) mass is 266 g/mol. The van der Waals surface area contributed by atoms with Crippen LogP contribution in [0.3, 0.4) is 0 Å². The molecule has 0 aliphatic carbocycles. The van der Waals surface area contributed by atoms with Crippen LogP contribution in [0, 0.1) is 29.1 Å². The SMILES string of the molecule is C#CCC1(C#N)CCN(CCCc2ccccc2)CC1. The van der Waals surface area contributed by atoms with Gasteiger partial charge in [-0.05, 0) is 50.9 Å². The molecule has 0 aromatic heterocycles. The molecule has 1 saturated heterocycles. The molecular weight excluding hydrogens is 244 g/mol. The van der Waals surface area contributed by atoms with Crippen LogP contribution in [0.2, 0.25) is 0 Å². The van der Waals surface area contributed by atoms with Gasteiger partial charge < -0.3 is 4.90 Å². The van der Waals surface area contributed by atoms with Gasteiger partial charge in [0.25, 0.3) is 0 Å². The molecule has 2 nitrogen and oxygen atoms in total. The van der Waals surface area contributed by atoms with E-state index in [2.05, 4.69) is 47.2 Å². The Labute approximate surface area is 122 Å². The average Bonchev–Trinajstić information content (AvgIpc) is 2.50. The van der Waals surface area contributed by atoms with Crippen LogP contribution < -0.4 is 0 Å². The Morgan fingerprint density at radius 1 is 1.20 bits per heavy atom. The topological polar surface area (TPSA) is 27.0 Å². The number of likely N-dealkylation sites (tertiary alicyclic amines) is 1. The number of nitriles is 1. The van der Waals surface area contributed by atoms with Crippen LogP contribution in [0.25, 0.3) is 0 Å². The van der Waals surface area contributed by atoms with Crippen LogP contribution in [0.1, 0.15) is 31.2 Å². The van der Waals surface area contributed by atoms with Gasteiger partial charge in [0, 0.05) is 6.42 Å². The van der Waals surface area contributed by atoms with Gasteiger partial charge in [0.1, 0.15) is 0 Å². The van der Waals surface area contributed by atoms with Crippen molar-refractivity contribution >= 4 is 0 Å². The van der Waals surface area contributed by atoms with Crippen molar-refractivity contribution in [2.75, 3.05) is 19.6 Å². The molecule has 0 spiro atoms. The van der Waals surface area contributed by atoms with Crippen molar-refractivity contribution in [1.82, 2.24) is 4.90 Å². The molecule has 0 amide bonds. The molecule has 0 N–H and O–H groups in total. The second-order valence-corrected chi connectivity index (χ2v) is 5.70. The number of hydrogen-bond acceptors (Lipinski definition) is 2. The lowest BCUT2D eigenvalue weighted by Crippen LogP contribution is -2.39. The summed E-state index contributed by atoms with van der Waals surface area (Å²) in [6, 6.07) is 13.1. The number of nitrogens with zero attached hydrogens (tertiary/aromatic N) is 2. The highest BCUT2D eigenvalue weighted by atomic mass is 15.1. The molecule has 2 heteroatoms. The summed E-state index contributed by atoms with van der Waals surface area (Å²) in [5, 5.41) is 9.32. The van der Waals surface area contributed by atoms with E-state index in [0.29, 0.717) is 6.42 Å². The molecule has 1 fully saturated rings. The van der Waals surface area contributed by atoms with Crippen molar-refractivity contribution in [2.45, 2.75) is 32.1 Å². The number of aryl methyl sites for hydroxylation is 1. The quantitative estimate of drug-likeness (QED) is 0.765. The Hall–Kier alpha value is -1.77. The standard InChI is InChI=1S/C18H22N2/c1-2-10-18(16-19)11-14-20(15-12-18)13-6-9-17-7-4-3-5-8-17/h1,3-5,7-8H,6,9-15H2. The molecule has 0 bridgehead atoms. The van der Waals surface area contributed by atoms with Gasteiger partial charge in [-0.1, -0.05) is 30.3 Å². The molecule has 0 radical (unpaired) electrons. The van der Waals surface area contributed by atoms with Gasteiger partial charge in [-0.3, -0.25) is 0 Å². The molecule has 104 valence electrons. The summed E-state index contributed by atoms with van der Waals surface area (Å²) in [4.78, 5) is 2.47. The minimum Gasteiger partial charge on any atom is -0.303 e. The highest BCUT2D eigenvalue weighted by molar-refractivity contribution is 5.14. The number of piperidine rings is 1. The van der Waals surface area contributed by atoms with E-state index in [1.54, 1.807) is 0 Å². The van der Waals surface area contributed by atoms with Crippen molar-refractivity contribution in [3.05, 3.63) is 35.9 Å². The van der Waals surface area contributed by atoms with E-state index in [1.807, 2.05) is 0 Å². The van der Waals surface area contributed by atoms with Crippen molar-refractivity contribution in [3.63, 3.8) is 0 Å². The van der Waals surface area contributed by atoms with E-state index in [1.165, 1.54) is 12.0 Å². The van der Waals surface area contributed by atoms with E-state index in [9.17, 15) is 5.26 Å². The van der Waals surface area contributed by atoms with Crippen molar-refractivity contribution in [3.8, 4) is 18.4 Å². The fraction of sp³-hybridized carbons (Fsp3) is 0.500. The van der Waals surface area contributed by atoms with Crippen LogP contribution in [-0.4, -0.2) is 24.5 Å². The van der Waals surface area contributed by atoms with Crippen LogP contribution in [0.15, 0.2) is 30.3 Å². The Morgan fingerprint density at radius 3 is 2.50 bits per heavy atom. The lowest BCUT2D eigenvalue weighted by Gasteiger charge is -2.36. The minimum atomic E-state index is -0.259. The lowest BCUT2D eigenvalue weighted by molar-refractivity contribution is 0.146. The number of rotatable bonds is 5. The fourth-order valence-corrected chi connectivity index (χ4v) is 2.88. The molecule has 0 unspecified atom stereocenters. The highest BCUT2D eigenvalue weighted by Crippen LogP contribution is 2.33. The number of hydrogen-bond donors (Lipinski definition) is 0. The number of terminal acetylenes is 1. The molecule has 1 aliphatic heterocycles. The predicted octanol–water partition coefficient (Wildman–Crippen LogP) is 3.25. The summed E-state index contributed by atoms with van der Waals surface area (Å²) in [5.41, 5.74) is 1.15. The van der Waals surface area contributed by atoms with Gasteiger partial charge >= 0.3 is 0 Å². The summed E-state index contributed by atoms with van der Waals surface area (Å²) < 4.78 is 0. The van der Waals surface area contributed by atoms with E-state index in [-0.39, 0.29) is 5.41 Å². The first-order valence-corrected chi connectivity index (χ1v) is 7.39. The van der Waals surface area contributed by atoms with E-state index < -0.39 is 0 Å². The zero-order chi connectivity index (χ0) is 14.3. The first-order chi connectivity index (χ1) is 9.78. The van der Waals surface area contributed by atoms with Gasteiger partial charge in [-0.2, -0.15) is 5.26 Å². The smallest absolute Gasteiger partial charge is 0.0707 e. The Morgan fingerprint density at radius 2 is 1.90 bits per heavy atom. The largest absolute Gasteiger partial charge is 0.303 e. The zero-order valence-corrected chi connectivity index (χ0v) is 12.0. The van der Waals surface area contributed by atoms with Gasteiger partial charge in [-0.15, -0.1) is 12.3 Å². The molecule has 20 heavy (non-hydrogen) atoms. The minimum absolute atomic E-state index is 0.259. The van der Waals surface area contributed by atoms with Crippen LogP contribution in [-0.2, 0) is 6.42 Å². The summed E-state index contributed by atoms with van der Waals surface area (Å²) >= 11 is 0. The molecule has 0 atom stereocenters. The molecular formula is C18H22N2. The predicted molar refractivity (Wildman–Crippen MR) is 81.9 cm³/mol. The van der Waals surface area contributed by atoms with Gasteiger partial charge in [0.15, 0.2) is 0 Å². The summed E-state index contributed by atoms with van der Waals surface area (Å²) in [7, 11) is 0. The summed E-state index contributed by atoms with van der Waals surface area (Å²) in [6.45, 7) is 3.13. The average molecular weight is 266 g/mol. The van der Waals surface area contributed by atoms with E-state index in [0.717, 1.165) is 38.9 Å². The third-order valence-corrected chi connectivity index (χ3v) is 4.27. The Balaban J connectivity index is 1.73. The molecule has 1 aromatic rings. The number of benzene rings is 1. The summed E-state index contributed by atoms with van der Waals surface area (Å²) in [5.74, 6) is 2.67. The second kappa shape index (κ2) is 7.13. The maximum absolute atomic E-state index is 9.32. The van der Waals surface area contributed by atoms with E-state index in [4.69, 9.17) is 6.42 Å².